The van der Waals surface area contributed by atoms with Crippen molar-refractivity contribution in [1.82, 2.24) is 0 Å². The van der Waals surface area contributed by atoms with Crippen LogP contribution in [0.1, 0.15) is 0 Å². The molecule has 0 aliphatic carbocycles. The quantitative estimate of drug-likeness (QED) is 0.413. The zero-order chi connectivity index (χ0) is 24.0. The van der Waals surface area contributed by atoms with E-state index in [0.717, 1.165) is 11.0 Å². The molecule has 2 unspecified atom stereocenters. The van der Waals surface area contributed by atoms with E-state index in [-0.39, 0.29) is 17.3 Å². The number of anilines is 2. The molecule has 0 bridgehead atoms. The molecule has 2 heterocycles. The lowest BCUT2D eigenvalue weighted by Crippen LogP contribution is -2.39. The van der Waals surface area contributed by atoms with Gasteiger partial charge in [-0.2, -0.15) is 5.10 Å². The van der Waals surface area contributed by atoms with Gasteiger partial charge < -0.3 is 4.74 Å². The molecule has 172 valence electrons. The highest BCUT2D eigenvalue weighted by molar-refractivity contribution is 6.35. The normalized spacial score (nSPS) is 19.5. The first-order valence-electron chi connectivity index (χ1n) is 10.2. The van der Waals surface area contributed by atoms with Crippen LogP contribution in [0.2, 0.25) is 15.1 Å². The number of carbonyl (C=O) groups excluding carboxylic acids is 2. The summed E-state index contributed by atoms with van der Waals surface area (Å²) in [4.78, 5) is 27.7. The van der Waals surface area contributed by atoms with Gasteiger partial charge in [0.15, 0.2) is 0 Å². The number of para-hydroxylation sites is 1. The van der Waals surface area contributed by atoms with Crippen LogP contribution in [0.4, 0.5) is 15.8 Å². The predicted octanol–water partition coefficient (Wildman–Crippen LogP) is 5.60. The third kappa shape index (κ3) is 3.90. The Hall–Kier alpha value is -3.13. The third-order valence-corrected chi connectivity index (χ3v) is 6.34. The molecule has 0 saturated carbocycles. The number of imide groups is 1. The number of rotatable bonds is 5. The van der Waals surface area contributed by atoms with Crippen LogP contribution in [-0.2, 0) is 9.59 Å². The summed E-state index contributed by atoms with van der Waals surface area (Å²) in [6.07, 6.45) is 0. The molecular formula is C24H15Cl3FN3O3. The summed E-state index contributed by atoms with van der Waals surface area (Å²) < 4.78 is 20.5. The lowest BCUT2D eigenvalue weighted by molar-refractivity contribution is -0.122. The van der Waals surface area contributed by atoms with E-state index in [9.17, 15) is 14.0 Å². The monoisotopic (exact) mass is 517 g/mol. The lowest BCUT2D eigenvalue weighted by atomic mass is 9.98. The zero-order valence-electron chi connectivity index (χ0n) is 17.3. The number of carbonyl (C=O) groups is 2. The number of hydrazone groups is 1. The van der Waals surface area contributed by atoms with E-state index < -0.39 is 29.6 Å². The maximum absolute atomic E-state index is 14.7. The van der Waals surface area contributed by atoms with Crippen LogP contribution in [-0.4, -0.2) is 30.2 Å². The van der Waals surface area contributed by atoms with Crippen molar-refractivity contribution in [2.45, 2.75) is 6.04 Å². The highest BCUT2D eigenvalue weighted by Crippen LogP contribution is 2.39. The maximum atomic E-state index is 14.7. The molecule has 6 nitrogen and oxygen atoms in total. The molecule has 2 amide bonds. The average Bonchev–Trinajstić information content (AvgIpc) is 3.31. The second kappa shape index (κ2) is 8.91. The molecule has 34 heavy (non-hydrogen) atoms. The molecule has 0 radical (unpaired) electrons. The van der Waals surface area contributed by atoms with E-state index in [1.165, 1.54) is 23.2 Å². The number of nitrogens with zero attached hydrogens (tertiary/aromatic N) is 3. The first-order valence-corrected chi connectivity index (χ1v) is 11.3. The fraction of sp³-hybridized carbons (Fsp3) is 0.125. The first-order chi connectivity index (χ1) is 16.3. The SMILES string of the molecule is O=C1C2C(COc3ccc(Cl)cc3Cl)=NN(c3ccccc3)C2C(=O)N1c1ccc(Cl)cc1F. The van der Waals surface area contributed by atoms with Crippen LogP contribution in [0.5, 0.6) is 5.75 Å². The number of hydrogen-bond donors (Lipinski definition) is 0. The van der Waals surface area contributed by atoms with Gasteiger partial charge in [0, 0.05) is 10.0 Å². The van der Waals surface area contributed by atoms with Gasteiger partial charge in [0.2, 0.25) is 5.91 Å². The lowest BCUT2D eigenvalue weighted by Gasteiger charge is -2.22. The van der Waals surface area contributed by atoms with Gasteiger partial charge >= 0.3 is 0 Å². The van der Waals surface area contributed by atoms with E-state index in [1.54, 1.807) is 36.4 Å². The molecule has 2 atom stereocenters. The van der Waals surface area contributed by atoms with E-state index in [0.29, 0.717) is 27.2 Å². The van der Waals surface area contributed by atoms with E-state index in [4.69, 9.17) is 39.5 Å². The topological polar surface area (TPSA) is 62.2 Å². The summed E-state index contributed by atoms with van der Waals surface area (Å²) in [7, 11) is 0. The molecular weight excluding hydrogens is 504 g/mol. The van der Waals surface area contributed by atoms with E-state index in [1.807, 2.05) is 6.07 Å². The molecule has 2 aliphatic heterocycles. The van der Waals surface area contributed by atoms with Gasteiger partial charge in [-0.15, -0.1) is 0 Å². The summed E-state index contributed by atoms with van der Waals surface area (Å²) in [6.45, 7) is -0.109. The van der Waals surface area contributed by atoms with Crippen molar-refractivity contribution in [1.29, 1.82) is 0 Å². The van der Waals surface area contributed by atoms with E-state index in [2.05, 4.69) is 5.10 Å². The predicted molar refractivity (Wildman–Crippen MR) is 129 cm³/mol. The molecule has 1 saturated heterocycles. The minimum Gasteiger partial charge on any atom is -0.486 e. The Labute approximate surface area is 209 Å². The van der Waals surface area contributed by atoms with Crippen LogP contribution in [0.25, 0.3) is 0 Å². The second-order valence-electron chi connectivity index (χ2n) is 7.67. The number of hydrogen-bond acceptors (Lipinski definition) is 5. The Bertz CT molecular complexity index is 1340. The van der Waals surface area contributed by atoms with Crippen LogP contribution in [0.15, 0.2) is 71.8 Å². The van der Waals surface area contributed by atoms with Crippen molar-refractivity contribution < 1.29 is 18.7 Å². The Morgan fingerprint density at radius 2 is 1.62 bits per heavy atom. The van der Waals surface area contributed by atoms with Gasteiger partial charge in [0.1, 0.15) is 30.1 Å². The van der Waals surface area contributed by atoms with Crippen molar-refractivity contribution in [3.8, 4) is 5.75 Å². The van der Waals surface area contributed by atoms with Crippen LogP contribution in [0, 0.1) is 11.7 Å². The van der Waals surface area contributed by atoms with Crippen molar-refractivity contribution in [2.24, 2.45) is 11.0 Å². The molecule has 2 aliphatic rings. The summed E-state index contributed by atoms with van der Waals surface area (Å²) in [5, 5.41) is 6.91. The smallest absolute Gasteiger partial charge is 0.259 e. The summed E-state index contributed by atoms with van der Waals surface area (Å²) in [5.41, 5.74) is 0.759. The Balaban J connectivity index is 1.51. The zero-order valence-corrected chi connectivity index (χ0v) is 19.6. The van der Waals surface area contributed by atoms with Gasteiger partial charge in [-0.25, -0.2) is 9.29 Å². The number of fused-ring (bicyclic) bond motifs is 1. The maximum Gasteiger partial charge on any atom is 0.259 e. The molecule has 1 fully saturated rings. The van der Waals surface area contributed by atoms with Crippen LogP contribution in [0.3, 0.4) is 0 Å². The summed E-state index contributed by atoms with van der Waals surface area (Å²) >= 11 is 18.0. The van der Waals surface area contributed by atoms with Crippen LogP contribution < -0.4 is 14.6 Å². The van der Waals surface area contributed by atoms with Gasteiger partial charge in [-0.1, -0.05) is 53.0 Å². The molecule has 0 aromatic heterocycles. The number of amides is 2. The number of halogens is 4. The largest absolute Gasteiger partial charge is 0.486 e. The van der Waals surface area contributed by atoms with Gasteiger partial charge in [0.25, 0.3) is 5.91 Å². The van der Waals surface area contributed by atoms with Gasteiger partial charge in [-0.05, 0) is 48.5 Å². The Morgan fingerprint density at radius 1 is 0.912 bits per heavy atom. The standard InChI is InChI=1S/C24H15Cl3FN3O3/c25-13-7-9-20(16(27)10-13)34-12-18-21-22(31(29-18)15-4-2-1-3-5-15)24(33)30(23(21)32)19-8-6-14(26)11-17(19)28/h1-11,21-22H,12H2. The number of ether oxygens (including phenoxy) is 1. The molecule has 10 heteroatoms. The van der Waals surface area contributed by atoms with Gasteiger partial charge in [-0.3, -0.25) is 14.6 Å². The Morgan fingerprint density at radius 3 is 2.32 bits per heavy atom. The minimum atomic E-state index is -0.982. The average molecular weight is 519 g/mol. The Kier molecular flexibility index (Phi) is 5.93. The fourth-order valence-corrected chi connectivity index (χ4v) is 4.67. The third-order valence-electron chi connectivity index (χ3n) is 5.58. The highest BCUT2D eigenvalue weighted by Gasteiger charge is 2.57. The second-order valence-corrected chi connectivity index (χ2v) is 8.95. The molecule has 0 N–H and O–H groups in total. The minimum absolute atomic E-state index is 0.109. The molecule has 0 spiro atoms. The van der Waals surface area contributed by atoms with Crippen molar-refractivity contribution in [3.63, 3.8) is 0 Å². The van der Waals surface area contributed by atoms with Crippen molar-refractivity contribution in [3.05, 3.63) is 87.6 Å². The van der Waals surface area contributed by atoms with Crippen LogP contribution >= 0.6 is 34.8 Å². The van der Waals surface area contributed by atoms with E-state index >= 15 is 0 Å². The number of benzene rings is 3. The van der Waals surface area contributed by atoms with Gasteiger partial charge in [0.05, 0.1) is 22.1 Å². The molecule has 3 aromatic rings. The molecule has 5 rings (SSSR count). The first kappa shape index (κ1) is 22.7. The summed E-state index contributed by atoms with van der Waals surface area (Å²) in [6, 6.07) is 16.5. The molecule has 3 aromatic carbocycles. The fourth-order valence-electron chi connectivity index (χ4n) is 4.05. The van der Waals surface area contributed by atoms with Crippen molar-refractivity contribution >= 4 is 63.7 Å². The van der Waals surface area contributed by atoms with Crippen molar-refractivity contribution in [2.75, 3.05) is 16.5 Å². The highest BCUT2D eigenvalue weighted by atomic mass is 35.5. The summed E-state index contributed by atoms with van der Waals surface area (Å²) in [5.74, 6) is -2.58.